The van der Waals surface area contributed by atoms with Gasteiger partial charge in [0, 0.05) is 30.8 Å². The number of aromatic nitrogens is 2. The topological polar surface area (TPSA) is 95.4 Å². The van der Waals surface area contributed by atoms with Gasteiger partial charge in [0.05, 0.1) is 11.6 Å². The molecule has 1 aromatic heterocycles. The molecule has 0 radical (unpaired) electrons. The second kappa shape index (κ2) is 6.89. The molecule has 0 bridgehead atoms. The lowest BCUT2D eigenvalue weighted by molar-refractivity contribution is -0.117. The van der Waals surface area contributed by atoms with Crippen molar-refractivity contribution < 1.29 is 14.7 Å². The lowest BCUT2D eigenvalue weighted by atomic mass is 9.79. The highest BCUT2D eigenvalue weighted by Gasteiger charge is 2.47. The fraction of sp³-hybridized carbons (Fsp3) is 0.429. The van der Waals surface area contributed by atoms with Crippen LogP contribution >= 0.6 is 0 Å². The molecule has 4 rings (SSSR count). The van der Waals surface area contributed by atoms with Crippen LogP contribution in [-0.2, 0) is 4.79 Å². The lowest BCUT2D eigenvalue weighted by Crippen LogP contribution is -2.51. The van der Waals surface area contributed by atoms with Gasteiger partial charge in [0.1, 0.15) is 11.6 Å². The zero-order chi connectivity index (χ0) is 20.0. The SMILES string of the molecule is CC(=O)N1c2ccc(C(=O)O)cc2C(Nc2ccnc(C)n2)C(C)C1C1CC1. The van der Waals surface area contributed by atoms with Crippen molar-refractivity contribution in [1.29, 1.82) is 0 Å². The molecule has 0 saturated heterocycles. The number of benzene rings is 1. The van der Waals surface area contributed by atoms with Crippen LogP contribution in [0.25, 0.3) is 0 Å². The summed E-state index contributed by atoms with van der Waals surface area (Å²) < 4.78 is 0. The Kier molecular flexibility index (Phi) is 4.53. The molecule has 2 heterocycles. The Morgan fingerprint density at radius 3 is 2.61 bits per heavy atom. The molecule has 7 nitrogen and oxygen atoms in total. The molecule has 1 aromatic carbocycles. The van der Waals surface area contributed by atoms with Crippen molar-refractivity contribution in [3.8, 4) is 0 Å². The van der Waals surface area contributed by atoms with Gasteiger partial charge < -0.3 is 15.3 Å². The number of fused-ring (bicyclic) bond motifs is 1. The second-order valence-corrected chi connectivity index (χ2v) is 7.77. The number of carbonyl (C=O) groups excluding carboxylic acids is 1. The monoisotopic (exact) mass is 380 g/mol. The third-order valence-electron chi connectivity index (χ3n) is 5.76. The molecule has 2 aromatic rings. The van der Waals surface area contributed by atoms with Gasteiger partial charge >= 0.3 is 5.97 Å². The third kappa shape index (κ3) is 3.21. The lowest BCUT2D eigenvalue weighted by Gasteiger charge is -2.46. The molecule has 146 valence electrons. The molecule has 3 unspecified atom stereocenters. The number of anilines is 2. The highest BCUT2D eigenvalue weighted by Crippen LogP contribution is 2.50. The van der Waals surface area contributed by atoms with Gasteiger partial charge in [-0.15, -0.1) is 0 Å². The van der Waals surface area contributed by atoms with Crippen LogP contribution in [0.5, 0.6) is 0 Å². The smallest absolute Gasteiger partial charge is 0.335 e. The predicted octanol–water partition coefficient (Wildman–Crippen LogP) is 3.42. The van der Waals surface area contributed by atoms with E-state index in [-0.39, 0.29) is 29.5 Å². The molecule has 2 N–H and O–H groups in total. The molecule has 7 heteroatoms. The van der Waals surface area contributed by atoms with E-state index in [1.807, 2.05) is 17.9 Å². The molecule has 1 amide bonds. The van der Waals surface area contributed by atoms with E-state index in [0.29, 0.717) is 17.6 Å². The Labute approximate surface area is 163 Å². The first-order valence-corrected chi connectivity index (χ1v) is 9.60. The van der Waals surface area contributed by atoms with Crippen molar-refractivity contribution in [2.75, 3.05) is 10.2 Å². The van der Waals surface area contributed by atoms with Gasteiger partial charge in [-0.3, -0.25) is 4.79 Å². The van der Waals surface area contributed by atoms with Crippen molar-refractivity contribution in [2.24, 2.45) is 11.8 Å². The standard InChI is InChI=1S/C21H24N4O3/c1-11-19(24-18-8-9-22-12(2)23-18)16-10-15(21(27)28)6-7-17(16)25(13(3)26)20(11)14-4-5-14/h6-11,14,19-20H,4-5H2,1-3H3,(H,27,28)(H,22,23,24). The minimum atomic E-state index is -0.981. The fourth-order valence-electron chi connectivity index (χ4n) is 4.39. The van der Waals surface area contributed by atoms with E-state index in [2.05, 4.69) is 22.2 Å². The molecular formula is C21H24N4O3. The number of carbonyl (C=O) groups is 2. The maximum Gasteiger partial charge on any atom is 0.335 e. The Hall–Kier alpha value is -2.96. The third-order valence-corrected chi connectivity index (χ3v) is 5.76. The summed E-state index contributed by atoms with van der Waals surface area (Å²) in [6.07, 6.45) is 3.92. The summed E-state index contributed by atoms with van der Waals surface area (Å²) in [5, 5.41) is 13.0. The van der Waals surface area contributed by atoms with E-state index >= 15 is 0 Å². The Morgan fingerprint density at radius 2 is 2.00 bits per heavy atom. The highest BCUT2D eigenvalue weighted by molar-refractivity contribution is 5.96. The first kappa shape index (κ1) is 18.4. The quantitative estimate of drug-likeness (QED) is 0.844. The van der Waals surface area contributed by atoms with E-state index in [1.54, 1.807) is 31.3 Å². The summed E-state index contributed by atoms with van der Waals surface area (Å²) >= 11 is 0. The van der Waals surface area contributed by atoms with Crippen molar-refractivity contribution in [2.45, 2.75) is 45.7 Å². The summed E-state index contributed by atoms with van der Waals surface area (Å²) in [6.45, 7) is 5.54. The molecule has 0 spiro atoms. The number of aryl methyl sites for hydroxylation is 1. The Morgan fingerprint density at radius 1 is 1.25 bits per heavy atom. The number of hydrogen-bond donors (Lipinski definition) is 2. The second-order valence-electron chi connectivity index (χ2n) is 7.77. The summed E-state index contributed by atoms with van der Waals surface area (Å²) in [6, 6.07) is 6.76. The van der Waals surface area contributed by atoms with Crippen LogP contribution in [-0.4, -0.2) is 33.0 Å². The number of nitrogens with zero attached hydrogens (tertiary/aromatic N) is 3. The van der Waals surface area contributed by atoms with Gasteiger partial charge in [0.25, 0.3) is 0 Å². The van der Waals surface area contributed by atoms with E-state index < -0.39 is 5.97 Å². The zero-order valence-electron chi connectivity index (χ0n) is 16.2. The van der Waals surface area contributed by atoms with Gasteiger partial charge in [-0.05, 0) is 55.5 Å². The Balaban J connectivity index is 1.83. The van der Waals surface area contributed by atoms with Gasteiger partial charge in [-0.1, -0.05) is 6.92 Å². The summed E-state index contributed by atoms with van der Waals surface area (Å²) in [4.78, 5) is 34.6. The average molecular weight is 380 g/mol. The van der Waals surface area contributed by atoms with E-state index in [4.69, 9.17) is 0 Å². The fourth-order valence-corrected chi connectivity index (χ4v) is 4.39. The molecule has 2 aliphatic rings. The van der Waals surface area contributed by atoms with Crippen LogP contribution in [0.3, 0.4) is 0 Å². The molecule has 1 fully saturated rings. The van der Waals surface area contributed by atoms with Crippen molar-refractivity contribution in [3.63, 3.8) is 0 Å². The van der Waals surface area contributed by atoms with Crippen molar-refractivity contribution >= 4 is 23.4 Å². The van der Waals surface area contributed by atoms with Gasteiger partial charge in [-0.25, -0.2) is 14.8 Å². The van der Waals surface area contributed by atoms with Crippen LogP contribution < -0.4 is 10.2 Å². The number of aromatic carboxylic acids is 1. The average Bonchev–Trinajstić information content (AvgIpc) is 3.47. The highest BCUT2D eigenvalue weighted by atomic mass is 16.4. The Bertz CT molecular complexity index is 941. The molecule has 1 aliphatic carbocycles. The number of amides is 1. The van der Waals surface area contributed by atoms with Crippen LogP contribution in [0.4, 0.5) is 11.5 Å². The van der Waals surface area contributed by atoms with Gasteiger partial charge in [0.15, 0.2) is 0 Å². The van der Waals surface area contributed by atoms with E-state index in [1.165, 1.54) is 0 Å². The first-order chi connectivity index (χ1) is 13.4. The molecule has 28 heavy (non-hydrogen) atoms. The van der Waals surface area contributed by atoms with E-state index in [9.17, 15) is 14.7 Å². The number of nitrogens with one attached hydrogen (secondary N) is 1. The summed E-state index contributed by atoms with van der Waals surface area (Å²) in [5.41, 5.74) is 1.82. The van der Waals surface area contributed by atoms with Crippen LogP contribution in [0.2, 0.25) is 0 Å². The minimum absolute atomic E-state index is 0.00981. The summed E-state index contributed by atoms with van der Waals surface area (Å²) in [5.74, 6) is 0.944. The van der Waals surface area contributed by atoms with Crippen molar-refractivity contribution in [3.05, 3.63) is 47.4 Å². The normalized spacial score (nSPS) is 23.8. The van der Waals surface area contributed by atoms with E-state index in [0.717, 1.165) is 24.1 Å². The van der Waals surface area contributed by atoms with Crippen molar-refractivity contribution in [1.82, 2.24) is 9.97 Å². The molecular weight excluding hydrogens is 356 g/mol. The van der Waals surface area contributed by atoms with Gasteiger partial charge in [0.2, 0.25) is 5.91 Å². The van der Waals surface area contributed by atoms with Crippen LogP contribution in [0, 0.1) is 18.8 Å². The molecule has 1 aliphatic heterocycles. The zero-order valence-corrected chi connectivity index (χ0v) is 16.2. The predicted molar refractivity (Wildman–Crippen MR) is 105 cm³/mol. The van der Waals surface area contributed by atoms with Crippen LogP contribution in [0.15, 0.2) is 30.5 Å². The first-order valence-electron chi connectivity index (χ1n) is 9.60. The number of carboxylic acid groups (broad SMARTS) is 1. The molecule has 3 atom stereocenters. The van der Waals surface area contributed by atoms with Gasteiger partial charge in [-0.2, -0.15) is 0 Å². The maximum absolute atomic E-state index is 12.5. The number of rotatable bonds is 4. The number of carboxylic acids is 1. The minimum Gasteiger partial charge on any atom is -0.478 e. The number of hydrogen-bond acceptors (Lipinski definition) is 5. The largest absolute Gasteiger partial charge is 0.478 e. The molecule has 1 saturated carbocycles. The van der Waals surface area contributed by atoms with Crippen LogP contribution in [0.1, 0.15) is 54.5 Å². The summed E-state index contributed by atoms with van der Waals surface area (Å²) in [7, 11) is 0. The maximum atomic E-state index is 12.5.